The quantitative estimate of drug-likeness (QED) is 0.178. The van der Waals surface area contributed by atoms with E-state index in [1.807, 2.05) is 37.3 Å². The van der Waals surface area contributed by atoms with E-state index in [1.165, 1.54) is 4.90 Å². The number of amides is 4. The molecule has 3 atom stereocenters. The van der Waals surface area contributed by atoms with Gasteiger partial charge >= 0.3 is 0 Å². The molecular formula is C24H36N6O4. The summed E-state index contributed by atoms with van der Waals surface area (Å²) >= 11 is 0. The molecule has 1 fully saturated rings. The van der Waals surface area contributed by atoms with Crippen LogP contribution in [-0.2, 0) is 25.6 Å². The number of hydrogen-bond donors (Lipinski definition) is 5. The predicted molar refractivity (Wildman–Crippen MR) is 129 cm³/mol. The number of nitrogens with zero attached hydrogens (tertiary/aromatic N) is 1. The van der Waals surface area contributed by atoms with Crippen molar-refractivity contribution in [2.45, 2.75) is 64.0 Å². The predicted octanol–water partition coefficient (Wildman–Crippen LogP) is 0.439. The van der Waals surface area contributed by atoms with Crippen molar-refractivity contribution in [1.29, 1.82) is 5.41 Å². The fourth-order valence-corrected chi connectivity index (χ4v) is 4.08. The number of nitrogens with one attached hydrogen (secondary N) is 3. The van der Waals surface area contributed by atoms with Crippen molar-refractivity contribution in [3.63, 3.8) is 0 Å². The van der Waals surface area contributed by atoms with E-state index in [1.54, 1.807) is 0 Å². The Balaban J connectivity index is 2.38. The molecule has 0 spiro atoms. The minimum Gasteiger partial charge on any atom is -0.388 e. The lowest BCUT2D eigenvalue weighted by Crippen LogP contribution is -2.59. The van der Waals surface area contributed by atoms with Crippen molar-refractivity contribution in [2.24, 2.45) is 17.4 Å². The van der Waals surface area contributed by atoms with Crippen LogP contribution >= 0.6 is 0 Å². The van der Waals surface area contributed by atoms with Gasteiger partial charge in [-0.05, 0) is 31.2 Å². The Morgan fingerprint density at radius 2 is 1.74 bits per heavy atom. The highest BCUT2D eigenvalue weighted by Crippen LogP contribution is 2.16. The van der Waals surface area contributed by atoms with Crippen LogP contribution < -0.4 is 22.1 Å². The van der Waals surface area contributed by atoms with E-state index >= 15 is 0 Å². The van der Waals surface area contributed by atoms with Gasteiger partial charge in [0.2, 0.25) is 23.6 Å². The number of benzene rings is 1. The monoisotopic (exact) mass is 472 g/mol. The van der Waals surface area contributed by atoms with Gasteiger partial charge in [0.15, 0.2) is 0 Å². The average Bonchev–Trinajstić information content (AvgIpc) is 2.77. The fraction of sp³-hybridized carbons (Fsp3) is 0.542. The van der Waals surface area contributed by atoms with Gasteiger partial charge in [-0.1, -0.05) is 50.1 Å². The van der Waals surface area contributed by atoms with Crippen LogP contribution in [-0.4, -0.2) is 59.5 Å². The Morgan fingerprint density at radius 3 is 2.35 bits per heavy atom. The van der Waals surface area contributed by atoms with E-state index < -0.39 is 41.6 Å². The molecule has 0 aliphatic carbocycles. The van der Waals surface area contributed by atoms with Gasteiger partial charge in [0.1, 0.15) is 12.0 Å². The van der Waals surface area contributed by atoms with Gasteiger partial charge in [0.25, 0.3) is 0 Å². The summed E-state index contributed by atoms with van der Waals surface area (Å²) in [5.74, 6) is -3.00. The molecule has 1 aromatic rings. The van der Waals surface area contributed by atoms with Crippen LogP contribution in [0.15, 0.2) is 30.3 Å². The molecule has 3 unspecified atom stereocenters. The highest BCUT2D eigenvalue weighted by atomic mass is 16.2. The number of nitrogens with two attached hydrogens (primary N) is 2. The molecule has 2 rings (SSSR count). The Kier molecular flexibility index (Phi) is 10.5. The third kappa shape index (κ3) is 8.49. The van der Waals surface area contributed by atoms with Crippen LogP contribution in [0.5, 0.6) is 0 Å². The molecule has 0 bridgehead atoms. The van der Waals surface area contributed by atoms with E-state index in [0.29, 0.717) is 25.7 Å². The second kappa shape index (κ2) is 13.3. The van der Waals surface area contributed by atoms with E-state index in [4.69, 9.17) is 16.9 Å². The molecule has 1 heterocycles. The Labute approximate surface area is 200 Å². The maximum Gasteiger partial charge on any atom is 0.245 e. The van der Waals surface area contributed by atoms with E-state index in [-0.39, 0.29) is 31.8 Å². The Bertz CT molecular complexity index is 875. The SMILES string of the molecule is CCCCC1C(=O)NC(Cc2ccccc2)CN(CC(N)=O)C(=O)C(CCCC(=N)N)NC1=O. The second-order valence-electron chi connectivity index (χ2n) is 8.75. The molecule has 0 aromatic heterocycles. The number of carbonyl (C=O) groups excluding carboxylic acids is 4. The summed E-state index contributed by atoms with van der Waals surface area (Å²) in [5, 5.41) is 13.1. The maximum atomic E-state index is 13.4. The summed E-state index contributed by atoms with van der Waals surface area (Å²) < 4.78 is 0. The first-order chi connectivity index (χ1) is 16.2. The van der Waals surface area contributed by atoms with Gasteiger partial charge in [0, 0.05) is 13.0 Å². The zero-order chi connectivity index (χ0) is 25.1. The van der Waals surface area contributed by atoms with Gasteiger partial charge in [-0.3, -0.25) is 24.6 Å². The molecule has 186 valence electrons. The van der Waals surface area contributed by atoms with Crippen molar-refractivity contribution >= 4 is 29.5 Å². The van der Waals surface area contributed by atoms with Crippen molar-refractivity contribution in [3.8, 4) is 0 Å². The first kappa shape index (κ1) is 26.8. The maximum absolute atomic E-state index is 13.4. The van der Waals surface area contributed by atoms with E-state index in [9.17, 15) is 19.2 Å². The third-order valence-electron chi connectivity index (χ3n) is 5.80. The van der Waals surface area contributed by atoms with E-state index in [2.05, 4.69) is 10.6 Å². The Morgan fingerprint density at radius 1 is 1.06 bits per heavy atom. The van der Waals surface area contributed by atoms with Crippen molar-refractivity contribution in [1.82, 2.24) is 15.5 Å². The van der Waals surface area contributed by atoms with Crippen LogP contribution in [0, 0.1) is 11.3 Å². The standard InChI is InChI=1S/C24H36N6O4/c1-2-3-10-18-22(32)28-17(13-16-8-5-4-6-9-16)14-30(15-21(27)31)24(34)19(29-23(18)33)11-7-12-20(25)26/h4-6,8-9,17-19H,2-3,7,10-15H2,1H3,(H3,25,26)(H2,27,31)(H,28,32)(H,29,33). The summed E-state index contributed by atoms with van der Waals surface area (Å²) in [6, 6.07) is 8.02. The normalized spacial score (nSPS) is 21.5. The molecule has 1 saturated heterocycles. The molecule has 1 aromatic carbocycles. The molecular weight excluding hydrogens is 436 g/mol. The minimum absolute atomic E-state index is 0.0178. The van der Waals surface area contributed by atoms with E-state index in [0.717, 1.165) is 12.0 Å². The molecule has 34 heavy (non-hydrogen) atoms. The molecule has 4 amide bonds. The van der Waals surface area contributed by atoms with Crippen molar-refractivity contribution in [3.05, 3.63) is 35.9 Å². The highest BCUT2D eigenvalue weighted by Gasteiger charge is 2.35. The van der Waals surface area contributed by atoms with Gasteiger partial charge < -0.3 is 27.0 Å². The van der Waals surface area contributed by atoms with Crippen LogP contribution in [0.25, 0.3) is 0 Å². The van der Waals surface area contributed by atoms with Crippen LogP contribution in [0.4, 0.5) is 0 Å². The number of unbranched alkanes of at least 4 members (excludes halogenated alkanes) is 1. The lowest BCUT2D eigenvalue weighted by Gasteiger charge is -2.34. The zero-order valence-electron chi connectivity index (χ0n) is 19.7. The van der Waals surface area contributed by atoms with Gasteiger partial charge in [0.05, 0.1) is 18.4 Å². The second-order valence-corrected chi connectivity index (χ2v) is 8.75. The smallest absolute Gasteiger partial charge is 0.245 e. The molecule has 1 aliphatic rings. The molecule has 1 aliphatic heterocycles. The largest absolute Gasteiger partial charge is 0.388 e. The first-order valence-electron chi connectivity index (χ1n) is 11.8. The van der Waals surface area contributed by atoms with Gasteiger partial charge in [-0.25, -0.2) is 0 Å². The van der Waals surface area contributed by atoms with Gasteiger partial charge in [-0.15, -0.1) is 0 Å². The zero-order valence-corrected chi connectivity index (χ0v) is 19.7. The van der Waals surface area contributed by atoms with Crippen molar-refractivity contribution in [2.75, 3.05) is 13.1 Å². The molecule has 10 nitrogen and oxygen atoms in total. The van der Waals surface area contributed by atoms with Crippen LogP contribution in [0.2, 0.25) is 0 Å². The number of primary amides is 1. The van der Waals surface area contributed by atoms with Crippen LogP contribution in [0.1, 0.15) is 51.0 Å². The summed E-state index contributed by atoms with van der Waals surface area (Å²) in [4.78, 5) is 52.7. The average molecular weight is 473 g/mol. The number of amidine groups is 1. The lowest BCUT2D eigenvalue weighted by atomic mass is 9.96. The molecule has 7 N–H and O–H groups in total. The number of hydrogen-bond acceptors (Lipinski definition) is 5. The number of rotatable bonds is 11. The highest BCUT2D eigenvalue weighted by molar-refractivity contribution is 6.02. The third-order valence-corrected chi connectivity index (χ3v) is 5.80. The number of carbonyl (C=O) groups is 4. The molecule has 0 saturated carbocycles. The fourth-order valence-electron chi connectivity index (χ4n) is 4.08. The molecule has 0 radical (unpaired) electrons. The topological polar surface area (TPSA) is 171 Å². The summed E-state index contributed by atoms with van der Waals surface area (Å²) in [6.07, 6.45) is 3.19. The summed E-state index contributed by atoms with van der Waals surface area (Å²) in [6.45, 7) is 1.71. The molecule has 10 heteroatoms. The van der Waals surface area contributed by atoms with Crippen molar-refractivity contribution < 1.29 is 19.2 Å². The van der Waals surface area contributed by atoms with Crippen LogP contribution in [0.3, 0.4) is 0 Å². The summed E-state index contributed by atoms with van der Waals surface area (Å²) in [7, 11) is 0. The Hall–Kier alpha value is -3.43. The summed E-state index contributed by atoms with van der Waals surface area (Å²) in [5.41, 5.74) is 11.8. The van der Waals surface area contributed by atoms with Gasteiger partial charge in [-0.2, -0.15) is 0 Å². The lowest BCUT2D eigenvalue weighted by molar-refractivity contribution is -0.144. The first-order valence-corrected chi connectivity index (χ1v) is 11.8. The minimum atomic E-state index is -0.946.